The van der Waals surface area contributed by atoms with Crippen LogP contribution in [0.15, 0.2) is 36.4 Å². The van der Waals surface area contributed by atoms with Crippen molar-refractivity contribution in [1.29, 1.82) is 0 Å². The van der Waals surface area contributed by atoms with Crippen LogP contribution in [-0.2, 0) is 0 Å². The molecule has 0 aliphatic carbocycles. The van der Waals surface area contributed by atoms with E-state index in [9.17, 15) is 25.0 Å². The normalized spacial score (nSPS) is 10.5. The number of nitro benzene ring substituents is 2. The largest absolute Gasteiger partial charge is 0.497 e. The van der Waals surface area contributed by atoms with Crippen molar-refractivity contribution in [1.82, 2.24) is 4.98 Å². The average molecular weight is 374 g/mol. The minimum Gasteiger partial charge on any atom is -0.497 e. The van der Waals surface area contributed by atoms with E-state index in [0.717, 1.165) is 22.9 Å². The van der Waals surface area contributed by atoms with Crippen LogP contribution in [0.4, 0.5) is 16.5 Å². The van der Waals surface area contributed by atoms with E-state index in [-0.39, 0.29) is 10.7 Å². The fraction of sp³-hybridized carbons (Fsp3) is 0.0667. The maximum Gasteiger partial charge on any atom is 0.289 e. The number of fused-ring (bicyclic) bond motifs is 1. The molecule has 0 atom stereocenters. The minimum absolute atomic E-state index is 0.242. The van der Waals surface area contributed by atoms with E-state index < -0.39 is 27.1 Å². The summed E-state index contributed by atoms with van der Waals surface area (Å²) in [7, 11) is 1.53. The predicted octanol–water partition coefficient (Wildman–Crippen LogP) is 3.37. The van der Waals surface area contributed by atoms with Gasteiger partial charge in [-0.3, -0.25) is 30.3 Å². The Balaban J connectivity index is 1.92. The van der Waals surface area contributed by atoms with Crippen LogP contribution >= 0.6 is 11.3 Å². The molecule has 0 aliphatic heterocycles. The summed E-state index contributed by atoms with van der Waals surface area (Å²) < 4.78 is 5.88. The summed E-state index contributed by atoms with van der Waals surface area (Å²) in [6.45, 7) is 0. The Bertz CT molecular complexity index is 1050. The first kappa shape index (κ1) is 17.2. The monoisotopic (exact) mass is 374 g/mol. The molecule has 1 aromatic heterocycles. The van der Waals surface area contributed by atoms with E-state index in [2.05, 4.69) is 10.3 Å². The summed E-state index contributed by atoms with van der Waals surface area (Å²) in [5, 5.41) is 24.6. The lowest BCUT2D eigenvalue weighted by Crippen LogP contribution is -2.14. The van der Waals surface area contributed by atoms with Crippen molar-refractivity contribution in [3.63, 3.8) is 0 Å². The third-order valence-corrected chi connectivity index (χ3v) is 4.38. The number of amides is 1. The molecule has 0 spiro atoms. The van der Waals surface area contributed by atoms with Crippen LogP contribution in [0, 0.1) is 20.2 Å². The van der Waals surface area contributed by atoms with Crippen LogP contribution < -0.4 is 10.1 Å². The molecule has 26 heavy (non-hydrogen) atoms. The predicted molar refractivity (Wildman–Crippen MR) is 93.9 cm³/mol. The van der Waals surface area contributed by atoms with E-state index in [1.54, 1.807) is 18.2 Å². The Hall–Kier alpha value is -3.60. The lowest BCUT2D eigenvalue weighted by Gasteiger charge is -2.03. The van der Waals surface area contributed by atoms with Crippen molar-refractivity contribution in [2.45, 2.75) is 0 Å². The van der Waals surface area contributed by atoms with Crippen molar-refractivity contribution in [2.24, 2.45) is 0 Å². The van der Waals surface area contributed by atoms with E-state index in [4.69, 9.17) is 4.74 Å². The molecule has 0 radical (unpaired) electrons. The highest BCUT2D eigenvalue weighted by atomic mass is 32.1. The number of hydrogen-bond donors (Lipinski definition) is 1. The van der Waals surface area contributed by atoms with Crippen LogP contribution in [-0.4, -0.2) is 27.8 Å². The highest BCUT2D eigenvalue weighted by molar-refractivity contribution is 7.22. The molecule has 2 aromatic carbocycles. The van der Waals surface area contributed by atoms with Crippen LogP contribution in [0.3, 0.4) is 0 Å². The average Bonchev–Trinajstić information content (AvgIpc) is 3.01. The highest BCUT2D eigenvalue weighted by Gasteiger charge is 2.24. The van der Waals surface area contributed by atoms with Gasteiger partial charge in [-0.2, -0.15) is 0 Å². The number of methoxy groups -OCH3 is 1. The van der Waals surface area contributed by atoms with Crippen LogP contribution in [0.1, 0.15) is 10.4 Å². The molecule has 0 saturated carbocycles. The number of thiazole rings is 1. The zero-order valence-electron chi connectivity index (χ0n) is 13.2. The number of nitrogens with one attached hydrogen (secondary N) is 1. The topological polar surface area (TPSA) is 138 Å². The third-order valence-electron chi connectivity index (χ3n) is 3.45. The molecule has 1 amide bonds. The highest BCUT2D eigenvalue weighted by Crippen LogP contribution is 2.30. The van der Waals surface area contributed by atoms with Gasteiger partial charge in [-0.25, -0.2) is 4.98 Å². The smallest absolute Gasteiger partial charge is 0.289 e. The summed E-state index contributed by atoms with van der Waals surface area (Å²) in [5.41, 5.74) is -0.790. The second kappa shape index (κ2) is 6.72. The zero-order valence-corrected chi connectivity index (χ0v) is 14.0. The van der Waals surface area contributed by atoms with Crippen LogP contribution in [0.5, 0.6) is 5.75 Å². The lowest BCUT2D eigenvalue weighted by molar-refractivity contribution is -0.394. The molecule has 0 bridgehead atoms. The molecule has 0 aliphatic rings. The number of carbonyl (C=O) groups is 1. The number of hydrogen-bond acceptors (Lipinski definition) is 8. The van der Waals surface area contributed by atoms with Crippen molar-refractivity contribution in [3.8, 4) is 5.75 Å². The number of anilines is 1. The summed E-state index contributed by atoms with van der Waals surface area (Å²) in [6.07, 6.45) is 0. The molecule has 1 heterocycles. The van der Waals surface area contributed by atoms with E-state index in [0.29, 0.717) is 11.3 Å². The van der Waals surface area contributed by atoms with Gasteiger partial charge in [-0.15, -0.1) is 0 Å². The van der Waals surface area contributed by atoms with Crippen molar-refractivity contribution >= 4 is 44.0 Å². The fourth-order valence-electron chi connectivity index (χ4n) is 2.23. The first-order valence-corrected chi connectivity index (χ1v) is 7.89. The first-order valence-electron chi connectivity index (χ1n) is 7.08. The summed E-state index contributed by atoms with van der Waals surface area (Å²) in [5.74, 6) is -0.150. The number of nitro groups is 2. The molecule has 132 valence electrons. The van der Waals surface area contributed by atoms with Gasteiger partial charge in [0.2, 0.25) is 0 Å². The zero-order chi connectivity index (χ0) is 18.8. The number of aromatic nitrogens is 1. The Morgan fingerprint density at radius 2 is 1.92 bits per heavy atom. The molecule has 0 unspecified atom stereocenters. The van der Waals surface area contributed by atoms with Gasteiger partial charge in [0.15, 0.2) is 5.13 Å². The summed E-state index contributed by atoms with van der Waals surface area (Å²) in [4.78, 5) is 36.9. The number of rotatable bonds is 5. The molecule has 0 fully saturated rings. The number of carbonyl (C=O) groups excluding carboxylic acids is 1. The van der Waals surface area contributed by atoms with Gasteiger partial charge in [0.1, 0.15) is 11.3 Å². The Kier molecular flexibility index (Phi) is 4.45. The minimum atomic E-state index is -0.842. The van der Waals surface area contributed by atoms with Crippen molar-refractivity contribution < 1.29 is 19.4 Å². The van der Waals surface area contributed by atoms with Gasteiger partial charge in [-0.05, 0) is 24.3 Å². The molecule has 0 saturated heterocycles. The molecule has 1 N–H and O–H groups in total. The molecule has 11 heteroatoms. The van der Waals surface area contributed by atoms with E-state index >= 15 is 0 Å². The molecule has 3 aromatic rings. The van der Waals surface area contributed by atoms with E-state index in [1.165, 1.54) is 18.4 Å². The van der Waals surface area contributed by atoms with Gasteiger partial charge < -0.3 is 4.74 Å². The Morgan fingerprint density at radius 1 is 1.15 bits per heavy atom. The first-order chi connectivity index (χ1) is 12.4. The molecule has 3 rings (SSSR count). The number of nitrogens with zero attached hydrogens (tertiary/aromatic N) is 3. The number of benzene rings is 2. The second-order valence-electron chi connectivity index (χ2n) is 5.02. The Labute approximate surface area is 149 Å². The summed E-state index contributed by atoms with van der Waals surface area (Å²) in [6, 6.07) is 8.01. The summed E-state index contributed by atoms with van der Waals surface area (Å²) >= 11 is 1.17. The van der Waals surface area contributed by atoms with Crippen LogP contribution in [0.2, 0.25) is 0 Å². The molecular formula is C15H10N4O6S. The fourth-order valence-corrected chi connectivity index (χ4v) is 3.12. The number of ether oxygens (including phenoxy) is 1. The van der Waals surface area contributed by atoms with Crippen LogP contribution in [0.25, 0.3) is 10.2 Å². The quantitative estimate of drug-likeness (QED) is 0.533. The van der Waals surface area contributed by atoms with Crippen molar-refractivity contribution in [3.05, 3.63) is 62.2 Å². The van der Waals surface area contributed by atoms with E-state index in [1.807, 2.05) is 0 Å². The maximum atomic E-state index is 12.4. The SMILES string of the molecule is COc1ccc2nc(NC(=O)c3ccc([N+](=O)[O-])cc3[N+](=O)[O-])sc2c1. The van der Waals surface area contributed by atoms with Gasteiger partial charge in [0.05, 0.1) is 33.2 Å². The third kappa shape index (κ3) is 3.28. The number of non-ortho nitro benzene ring substituents is 1. The second-order valence-corrected chi connectivity index (χ2v) is 6.05. The Morgan fingerprint density at radius 3 is 2.58 bits per heavy atom. The van der Waals surface area contributed by atoms with Gasteiger partial charge in [0.25, 0.3) is 17.3 Å². The van der Waals surface area contributed by atoms with Crippen molar-refractivity contribution in [2.75, 3.05) is 12.4 Å². The molecular weight excluding hydrogens is 364 g/mol. The molecule has 10 nitrogen and oxygen atoms in total. The lowest BCUT2D eigenvalue weighted by atomic mass is 10.1. The van der Waals surface area contributed by atoms with Gasteiger partial charge in [-0.1, -0.05) is 11.3 Å². The van der Waals surface area contributed by atoms with Gasteiger partial charge in [0, 0.05) is 6.07 Å². The maximum absolute atomic E-state index is 12.4. The standard InChI is InChI=1S/C15H10N4O6S/c1-25-9-3-5-11-13(7-9)26-15(16-11)17-14(20)10-4-2-8(18(21)22)6-12(10)19(23)24/h2-7H,1H3,(H,16,17,20). The van der Waals surface area contributed by atoms with Gasteiger partial charge >= 0.3 is 0 Å².